The number of aliphatic imine (C=N–C) groups is 1. The molecule has 0 radical (unpaired) electrons. The molecule has 1 aromatic heterocycles. The molecule has 1 aromatic carbocycles. The topological polar surface area (TPSA) is 70.5 Å². The van der Waals surface area contributed by atoms with Gasteiger partial charge in [0.15, 0.2) is 0 Å². The number of benzene rings is 1. The van der Waals surface area contributed by atoms with Gasteiger partial charge in [0, 0.05) is 36.4 Å². The van der Waals surface area contributed by atoms with Crippen molar-refractivity contribution in [3.05, 3.63) is 54.3 Å². The molecule has 0 unspecified atom stereocenters. The standard InChI is InChI=1S/C21H25N5O/c1-14(11-22-5)23-8-9-26-19-10-16(18-13-24-15(2)12-25-18)6-7-17(19)21(3,4)20(26)27/h6-10,12-13,22H,11H2,1-5H3/b9-8+,23-14?. The van der Waals surface area contributed by atoms with Crippen molar-refractivity contribution in [1.29, 1.82) is 0 Å². The second kappa shape index (κ2) is 7.40. The SMILES string of the molecule is CNCC(C)=N/C=C/N1C(=O)C(C)(C)c2ccc(-c3cnc(C)cn3)cc21. The zero-order valence-electron chi connectivity index (χ0n) is 16.4. The first-order valence-electron chi connectivity index (χ1n) is 8.96. The maximum atomic E-state index is 13.0. The number of rotatable bonds is 5. The second-order valence-corrected chi connectivity index (χ2v) is 7.27. The molecule has 1 amide bonds. The van der Waals surface area contributed by atoms with Gasteiger partial charge in [-0.15, -0.1) is 0 Å². The molecule has 140 valence electrons. The van der Waals surface area contributed by atoms with E-state index in [1.165, 1.54) is 0 Å². The van der Waals surface area contributed by atoms with Gasteiger partial charge in [0.2, 0.25) is 5.91 Å². The minimum absolute atomic E-state index is 0.0300. The second-order valence-electron chi connectivity index (χ2n) is 7.27. The molecule has 0 spiro atoms. The number of nitrogens with zero attached hydrogens (tertiary/aromatic N) is 4. The Balaban J connectivity index is 2.00. The van der Waals surface area contributed by atoms with Crippen LogP contribution in [0.15, 0.2) is 48.0 Å². The van der Waals surface area contributed by atoms with E-state index in [0.29, 0.717) is 6.54 Å². The van der Waals surface area contributed by atoms with Crippen molar-refractivity contribution in [2.45, 2.75) is 33.1 Å². The van der Waals surface area contributed by atoms with E-state index >= 15 is 0 Å². The maximum absolute atomic E-state index is 13.0. The Morgan fingerprint density at radius 1 is 1.30 bits per heavy atom. The fraction of sp³-hybridized carbons (Fsp3) is 0.333. The average Bonchev–Trinajstić information content (AvgIpc) is 2.83. The molecule has 6 nitrogen and oxygen atoms in total. The highest BCUT2D eigenvalue weighted by molar-refractivity contribution is 6.09. The van der Waals surface area contributed by atoms with Crippen molar-refractivity contribution in [2.75, 3.05) is 18.5 Å². The quantitative estimate of drug-likeness (QED) is 0.828. The van der Waals surface area contributed by atoms with Gasteiger partial charge in [-0.05, 0) is 46.4 Å². The number of aryl methyl sites for hydroxylation is 1. The molecular weight excluding hydrogens is 338 g/mol. The van der Waals surface area contributed by atoms with E-state index in [-0.39, 0.29) is 5.91 Å². The summed E-state index contributed by atoms with van der Waals surface area (Å²) in [4.78, 5) is 27.8. The van der Waals surface area contributed by atoms with Crippen LogP contribution in [-0.4, -0.2) is 35.2 Å². The first-order chi connectivity index (χ1) is 12.8. The van der Waals surface area contributed by atoms with Gasteiger partial charge in [0.05, 0.1) is 28.7 Å². The third kappa shape index (κ3) is 3.66. The molecule has 1 N–H and O–H groups in total. The highest BCUT2D eigenvalue weighted by atomic mass is 16.2. The number of fused-ring (bicyclic) bond motifs is 1. The van der Waals surface area contributed by atoms with Crippen LogP contribution in [0.3, 0.4) is 0 Å². The Morgan fingerprint density at radius 3 is 2.74 bits per heavy atom. The molecule has 1 aliphatic heterocycles. The smallest absolute Gasteiger partial charge is 0.241 e. The summed E-state index contributed by atoms with van der Waals surface area (Å²) in [6.07, 6.45) is 6.91. The van der Waals surface area contributed by atoms with E-state index in [1.54, 1.807) is 29.7 Å². The third-order valence-corrected chi connectivity index (χ3v) is 4.70. The lowest BCUT2D eigenvalue weighted by molar-refractivity contribution is -0.121. The first kappa shape index (κ1) is 18.9. The Hall–Kier alpha value is -2.86. The van der Waals surface area contributed by atoms with E-state index in [1.807, 2.05) is 52.9 Å². The Morgan fingerprint density at radius 2 is 2.07 bits per heavy atom. The number of carbonyl (C=O) groups is 1. The molecule has 0 bridgehead atoms. The molecule has 0 saturated carbocycles. The van der Waals surface area contributed by atoms with E-state index in [0.717, 1.165) is 33.9 Å². The first-order valence-corrected chi connectivity index (χ1v) is 8.96. The van der Waals surface area contributed by atoms with Crippen molar-refractivity contribution in [2.24, 2.45) is 4.99 Å². The van der Waals surface area contributed by atoms with Gasteiger partial charge < -0.3 is 5.32 Å². The van der Waals surface area contributed by atoms with Crippen molar-refractivity contribution >= 4 is 17.3 Å². The van der Waals surface area contributed by atoms with Gasteiger partial charge in [-0.3, -0.25) is 24.7 Å². The molecule has 3 rings (SSSR count). The summed E-state index contributed by atoms with van der Waals surface area (Å²) >= 11 is 0. The number of hydrogen-bond donors (Lipinski definition) is 1. The van der Waals surface area contributed by atoms with Crippen LogP contribution in [0.2, 0.25) is 0 Å². The monoisotopic (exact) mass is 363 g/mol. The fourth-order valence-electron chi connectivity index (χ4n) is 3.16. The molecular formula is C21H25N5O. The van der Waals surface area contributed by atoms with Crippen molar-refractivity contribution in [3.63, 3.8) is 0 Å². The number of nitrogens with one attached hydrogen (secondary N) is 1. The van der Waals surface area contributed by atoms with Crippen molar-refractivity contribution < 1.29 is 4.79 Å². The van der Waals surface area contributed by atoms with Gasteiger partial charge in [0.1, 0.15) is 0 Å². The minimum atomic E-state index is -0.582. The third-order valence-electron chi connectivity index (χ3n) is 4.70. The maximum Gasteiger partial charge on any atom is 0.241 e. The van der Waals surface area contributed by atoms with Crippen molar-refractivity contribution in [3.8, 4) is 11.3 Å². The number of anilines is 1. The highest BCUT2D eigenvalue weighted by Gasteiger charge is 2.43. The predicted molar refractivity (Wildman–Crippen MR) is 109 cm³/mol. The summed E-state index contributed by atoms with van der Waals surface area (Å²) in [6.45, 7) is 8.45. The zero-order valence-corrected chi connectivity index (χ0v) is 16.4. The largest absolute Gasteiger partial charge is 0.315 e. The lowest BCUT2D eigenvalue weighted by Crippen LogP contribution is -2.32. The van der Waals surface area contributed by atoms with Gasteiger partial charge in [-0.25, -0.2) is 0 Å². The summed E-state index contributed by atoms with van der Waals surface area (Å²) in [6, 6.07) is 6.00. The van der Waals surface area contributed by atoms with Crippen LogP contribution in [0.5, 0.6) is 0 Å². The summed E-state index contributed by atoms with van der Waals surface area (Å²) in [5, 5.41) is 3.05. The molecule has 27 heavy (non-hydrogen) atoms. The normalized spacial score (nSPS) is 16.3. The summed E-state index contributed by atoms with van der Waals surface area (Å²) in [5.41, 5.74) is 4.81. The highest BCUT2D eigenvalue weighted by Crippen LogP contribution is 2.43. The number of hydrogen-bond acceptors (Lipinski definition) is 5. The van der Waals surface area contributed by atoms with Crippen molar-refractivity contribution in [1.82, 2.24) is 15.3 Å². The molecule has 0 atom stereocenters. The molecule has 2 heterocycles. The zero-order chi connectivity index (χ0) is 19.6. The number of carbonyl (C=O) groups excluding carboxylic acids is 1. The lowest BCUT2D eigenvalue weighted by atomic mass is 9.86. The van der Waals surface area contributed by atoms with Gasteiger partial charge >= 0.3 is 0 Å². The van der Waals surface area contributed by atoms with Gasteiger partial charge in [-0.2, -0.15) is 0 Å². The van der Waals surface area contributed by atoms with Crippen LogP contribution in [0.1, 0.15) is 32.0 Å². The van der Waals surface area contributed by atoms with Gasteiger partial charge in [0.25, 0.3) is 0 Å². The van der Waals surface area contributed by atoms with Gasteiger partial charge in [-0.1, -0.05) is 12.1 Å². The van der Waals surface area contributed by atoms with Crippen LogP contribution in [0.25, 0.3) is 11.3 Å². The van der Waals surface area contributed by atoms with E-state index in [4.69, 9.17) is 0 Å². The van der Waals surface area contributed by atoms with E-state index < -0.39 is 5.41 Å². The van der Waals surface area contributed by atoms with E-state index in [9.17, 15) is 4.79 Å². The van der Waals surface area contributed by atoms with Crippen LogP contribution >= 0.6 is 0 Å². The van der Waals surface area contributed by atoms with E-state index in [2.05, 4.69) is 20.3 Å². The molecule has 2 aromatic rings. The Bertz CT molecular complexity index is 913. The summed E-state index contributed by atoms with van der Waals surface area (Å²) in [7, 11) is 1.88. The minimum Gasteiger partial charge on any atom is -0.315 e. The van der Waals surface area contributed by atoms with Crippen LogP contribution in [-0.2, 0) is 10.2 Å². The predicted octanol–water partition coefficient (Wildman–Crippen LogP) is 3.23. The fourth-order valence-corrected chi connectivity index (χ4v) is 3.16. The summed E-state index contributed by atoms with van der Waals surface area (Å²) < 4.78 is 0. The molecule has 1 aliphatic rings. The summed E-state index contributed by atoms with van der Waals surface area (Å²) in [5.74, 6) is 0.0300. The Labute approximate surface area is 160 Å². The van der Waals surface area contributed by atoms with Crippen LogP contribution < -0.4 is 10.2 Å². The number of amides is 1. The average molecular weight is 363 g/mol. The molecule has 0 saturated heterocycles. The molecule has 6 heteroatoms. The molecule has 0 aliphatic carbocycles. The number of aromatic nitrogens is 2. The van der Waals surface area contributed by atoms with Crippen LogP contribution in [0, 0.1) is 6.92 Å². The lowest BCUT2D eigenvalue weighted by Gasteiger charge is -2.16. The molecule has 0 fully saturated rings. The Kier molecular flexibility index (Phi) is 5.19. The van der Waals surface area contributed by atoms with Crippen LogP contribution in [0.4, 0.5) is 5.69 Å².